The molecule has 0 amide bonds. The molecule has 1 radical (unpaired) electrons. The summed E-state index contributed by atoms with van der Waals surface area (Å²) in [6, 6.07) is 10.0. The van der Waals surface area contributed by atoms with Gasteiger partial charge < -0.3 is 55.8 Å². The number of benzene rings is 2. The molecular weight excluding hydrogens is 599 g/mol. The van der Waals surface area contributed by atoms with Gasteiger partial charge in [0.2, 0.25) is 0 Å². The van der Waals surface area contributed by atoms with Crippen molar-refractivity contribution in [3.8, 4) is 23.0 Å². The maximum atomic E-state index is 11.9. The van der Waals surface area contributed by atoms with E-state index in [0.29, 0.717) is 24.2 Å². The molecule has 2 rings (SSSR count). The first-order valence-corrected chi connectivity index (χ1v) is 8.44. The predicted molar refractivity (Wildman–Crippen MR) is 120 cm³/mol. The first-order valence-electron chi connectivity index (χ1n) is 8.44. The van der Waals surface area contributed by atoms with Crippen LogP contribution in [0.2, 0.25) is 0 Å². The molecule has 2 aromatic carbocycles. The normalized spacial score (nSPS) is 9.09. The molecule has 0 heterocycles. The minimum atomic E-state index is -1.75. The van der Waals surface area contributed by atoms with Gasteiger partial charge in [-0.05, 0) is 23.3 Å². The van der Waals surface area contributed by atoms with Crippen molar-refractivity contribution in [1.82, 2.24) is 0 Å². The molecule has 0 aliphatic heterocycles. The monoisotopic (exact) mass is 619 g/mol. The van der Waals surface area contributed by atoms with Crippen LogP contribution in [0, 0.1) is 30.6 Å². The van der Waals surface area contributed by atoms with Crippen LogP contribution in [0.5, 0.6) is 23.0 Å². The SMILES string of the molecule is COc1cccc(C=NCCN=Cc2cccc(OC)c2[O-])c1[O-].O.O=[N+]([O-])[O-].O=[N+]([O-])[O-].[Cu+2].[Sr+2]. The summed E-state index contributed by atoms with van der Waals surface area (Å²) in [5, 5.41) is 53.3. The zero-order valence-electron chi connectivity index (χ0n) is 18.4. The first kappa shape index (κ1) is 39.5. The van der Waals surface area contributed by atoms with Crippen LogP contribution in [0.1, 0.15) is 11.1 Å². The molecule has 2 N–H and O–H groups in total. The Labute approximate surface area is 247 Å². The summed E-state index contributed by atoms with van der Waals surface area (Å²) < 4.78 is 9.94. The van der Waals surface area contributed by atoms with Crippen LogP contribution >= 0.6 is 0 Å². The fourth-order valence-electron chi connectivity index (χ4n) is 2.03. The fourth-order valence-corrected chi connectivity index (χ4v) is 2.03. The van der Waals surface area contributed by atoms with Crippen molar-refractivity contribution in [3.63, 3.8) is 0 Å². The molecule has 0 unspecified atom stereocenters. The summed E-state index contributed by atoms with van der Waals surface area (Å²) >= 11 is 0. The second-order valence-corrected chi connectivity index (χ2v) is 5.28. The van der Waals surface area contributed by atoms with E-state index in [1.165, 1.54) is 26.6 Å². The van der Waals surface area contributed by atoms with Crippen molar-refractivity contribution in [3.05, 3.63) is 78.2 Å². The molecule has 0 bridgehead atoms. The van der Waals surface area contributed by atoms with Crippen molar-refractivity contribution in [2.75, 3.05) is 27.3 Å². The van der Waals surface area contributed by atoms with Crippen LogP contribution in [0.4, 0.5) is 0 Å². The van der Waals surface area contributed by atoms with Gasteiger partial charge in [0.1, 0.15) is 11.5 Å². The predicted octanol–water partition coefficient (Wildman–Crippen LogP) is -0.297. The van der Waals surface area contributed by atoms with E-state index < -0.39 is 10.2 Å². The number of nitrogens with zero attached hydrogens (tertiary/aromatic N) is 4. The van der Waals surface area contributed by atoms with Gasteiger partial charge in [-0.15, -0.1) is 0 Å². The summed E-state index contributed by atoms with van der Waals surface area (Å²) in [6.45, 7) is 0.816. The minimum absolute atomic E-state index is 0. The molecule has 17 heteroatoms. The van der Waals surface area contributed by atoms with Gasteiger partial charge in [-0.25, -0.2) is 0 Å². The van der Waals surface area contributed by atoms with Crippen LogP contribution in [0.15, 0.2) is 46.4 Å². The number of ether oxygens (including phenoxy) is 2. The van der Waals surface area contributed by atoms with Gasteiger partial charge in [0.15, 0.2) is 0 Å². The van der Waals surface area contributed by atoms with Crippen molar-refractivity contribution in [2.24, 2.45) is 9.98 Å². The number of para-hydroxylation sites is 2. The van der Waals surface area contributed by atoms with Gasteiger partial charge in [0.25, 0.3) is 0 Å². The number of hydrogen-bond acceptors (Lipinski definition) is 12. The molecule has 0 aliphatic rings. The summed E-state index contributed by atoms with van der Waals surface area (Å²) in [4.78, 5) is 24.8. The van der Waals surface area contributed by atoms with Crippen LogP contribution < -0.4 is 19.7 Å². The van der Waals surface area contributed by atoms with E-state index in [-0.39, 0.29) is 91.0 Å². The Hall–Kier alpha value is -2.66. The molecule has 0 aromatic heterocycles. The van der Waals surface area contributed by atoms with E-state index in [0.717, 1.165) is 0 Å². The Balaban J connectivity index is -0.000000382. The average Bonchev–Trinajstić information content (AvgIpc) is 2.72. The number of methoxy groups -OCH3 is 2. The third-order valence-corrected chi connectivity index (χ3v) is 3.28. The number of rotatable bonds is 7. The van der Waals surface area contributed by atoms with Crippen molar-refractivity contribution < 1.29 is 52.4 Å². The Morgan fingerprint density at radius 1 is 0.771 bits per heavy atom. The van der Waals surface area contributed by atoms with Crippen LogP contribution in [0.3, 0.4) is 0 Å². The zero-order chi connectivity index (χ0) is 24.5. The van der Waals surface area contributed by atoms with Crippen molar-refractivity contribution >= 4 is 57.9 Å². The number of aliphatic imine (C=N–C) groups is 2. The third kappa shape index (κ3) is 18.4. The van der Waals surface area contributed by atoms with E-state index in [2.05, 4.69) is 9.98 Å². The standard InChI is InChI=1S/C18H20N2O4.Cu.2NO3.H2O.Sr/c1-23-15-7-3-5-13(17(15)21)11-19-9-10-20-12-14-6-4-8-16(24-2)18(14)22;;2*2-1(3)4;;/h3-8,11-12,21-22H,9-10H2,1-2H3;;;;1H2;/q;+2;2*-1;;+2/p-2. The molecule has 0 aliphatic carbocycles. The summed E-state index contributed by atoms with van der Waals surface area (Å²) in [5.74, 6) is 0.190. The van der Waals surface area contributed by atoms with Gasteiger partial charge in [-0.1, -0.05) is 35.8 Å². The smallest absolute Gasteiger partial charge is 0.870 e. The van der Waals surface area contributed by atoms with Crippen LogP contribution in [-0.2, 0) is 17.1 Å². The van der Waals surface area contributed by atoms with E-state index in [1.807, 2.05) is 0 Å². The molecule has 0 atom stereocenters. The van der Waals surface area contributed by atoms with Crippen molar-refractivity contribution in [1.29, 1.82) is 0 Å². The molecule has 191 valence electrons. The van der Waals surface area contributed by atoms with E-state index in [9.17, 15) is 10.2 Å². The molecule has 2 aromatic rings. The molecule has 0 spiro atoms. The maximum absolute atomic E-state index is 11.9. The second-order valence-electron chi connectivity index (χ2n) is 5.28. The summed E-state index contributed by atoms with van der Waals surface area (Å²) in [7, 11) is 2.91. The van der Waals surface area contributed by atoms with Gasteiger partial charge in [-0.3, -0.25) is 9.98 Å². The van der Waals surface area contributed by atoms with Gasteiger partial charge >= 0.3 is 62.6 Å². The van der Waals surface area contributed by atoms with Crippen LogP contribution in [-0.4, -0.2) is 101 Å². The Morgan fingerprint density at radius 3 is 1.31 bits per heavy atom. The molecule has 35 heavy (non-hydrogen) atoms. The maximum Gasteiger partial charge on any atom is 2.00 e. The van der Waals surface area contributed by atoms with Gasteiger partial charge in [0.05, 0.1) is 37.5 Å². The van der Waals surface area contributed by atoms with E-state index >= 15 is 0 Å². The van der Waals surface area contributed by atoms with E-state index in [1.54, 1.807) is 36.4 Å². The number of hydrogen-bond donors (Lipinski definition) is 0. The molecule has 15 nitrogen and oxygen atoms in total. The van der Waals surface area contributed by atoms with Crippen LogP contribution in [0.25, 0.3) is 0 Å². The topological polar surface area (TPSA) is 253 Å². The fraction of sp³-hybridized carbons (Fsp3) is 0.222. The van der Waals surface area contributed by atoms with Crippen molar-refractivity contribution in [2.45, 2.75) is 0 Å². The largest absolute Gasteiger partial charge is 2.00 e. The Kier molecular flexibility index (Phi) is 26.1. The molecule has 0 saturated carbocycles. The average molecular weight is 620 g/mol. The third-order valence-electron chi connectivity index (χ3n) is 3.28. The molecule has 0 saturated heterocycles. The summed E-state index contributed by atoms with van der Waals surface area (Å²) in [6.07, 6.45) is 3.01. The van der Waals surface area contributed by atoms with Gasteiger partial charge in [0, 0.05) is 12.4 Å². The molecule has 0 fully saturated rings. The second kappa shape index (κ2) is 23.1. The summed E-state index contributed by atoms with van der Waals surface area (Å²) in [5.41, 5.74) is 0.931. The minimum Gasteiger partial charge on any atom is -0.870 e. The first-order chi connectivity index (χ1) is 15.1. The quantitative estimate of drug-likeness (QED) is 0.129. The zero-order valence-corrected chi connectivity index (χ0v) is 22.8. The Morgan fingerprint density at radius 2 is 1.06 bits per heavy atom. The van der Waals surface area contributed by atoms with Gasteiger partial charge in [-0.2, -0.15) is 0 Å². The Bertz CT molecular complexity index is 865. The molecular formula is C18H20CuN4O11Sr. The van der Waals surface area contributed by atoms with E-state index in [4.69, 9.17) is 40.1 Å².